The van der Waals surface area contributed by atoms with Gasteiger partial charge in [-0.1, -0.05) is 77.8 Å². The Labute approximate surface area is 347 Å². The Balaban J connectivity index is 1.28. The normalized spacial score (nSPS) is 35.4. The number of methoxy groups -OCH3 is 1. The molecule has 1 unspecified atom stereocenters. The maximum absolute atomic E-state index is 14.3. The van der Waals surface area contributed by atoms with Gasteiger partial charge in [0.05, 0.1) is 17.9 Å². The smallest absolute Gasteiger partial charge is 0.309 e. The number of carboxylic acids is 1. The van der Waals surface area contributed by atoms with Crippen molar-refractivity contribution in [1.82, 2.24) is 4.90 Å². The molecular formula is C48H72ClNO7. The van der Waals surface area contributed by atoms with Crippen LogP contribution in [0.1, 0.15) is 139 Å². The zero-order valence-electron chi connectivity index (χ0n) is 36.6. The van der Waals surface area contributed by atoms with Crippen molar-refractivity contribution in [2.75, 3.05) is 26.8 Å². The third-order valence-corrected chi connectivity index (χ3v) is 17.3. The highest BCUT2D eigenvalue weighted by Crippen LogP contribution is 2.77. The van der Waals surface area contributed by atoms with Crippen molar-refractivity contribution in [3.8, 4) is 0 Å². The van der Waals surface area contributed by atoms with Crippen molar-refractivity contribution in [2.45, 2.75) is 152 Å². The van der Waals surface area contributed by atoms with Crippen molar-refractivity contribution in [2.24, 2.45) is 56.2 Å². The lowest BCUT2D eigenvalue weighted by atomic mass is 9.33. The summed E-state index contributed by atoms with van der Waals surface area (Å²) in [6.07, 6.45) is 7.91. The van der Waals surface area contributed by atoms with Crippen LogP contribution in [-0.2, 0) is 30.4 Å². The van der Waals surface area contributed by atoms with E-state index in [9.17, 15) is 24.6 Å². The second kappa shape index (κ2) is 16.0. The first-order chi connectivity index (χ1) is 26.6. The minimum atomic E-state index is -1.17. The Hall–Kier alpha value is -2.26. The molecule has 5 aliphatic carbocycles. The van der Waals surface area contributed by atoms with Crippen molar-refractivity contribution in [1.29, 1.82) is 0 Å². The first-order valence-electron chi connectivity index (χ1n) is 21.9. The minimum Gasteiger partial charge on any atom is -0.481 e. The molecule has 5 aliphatic rings. The van der Waals surface area contributed by atoms with E-state index < -0.39 is 28.9 Å². The fourth-order valence-corrected chi connectivity index (χ4v) is 14.0. The summed E-state index contributed by atoms with van der Waals surface area (Å²) in [6.45, 7) is 22.3. The first kappa shape index (κ1) is 44.3. The number of ether oxygens (including phenoxy) is 2. The molecule has 318 valence electrons. The van der Waals surface area contributed by atoms with Gasteiger partial charge in [0.15, 0.2) is 5.78 Å². The van der Waals surface area contributed by atoms with Crippen LogP contribution in [0.3, 0.4) is 0 Å². The van der Waals surface area contributed by atoms with Crippen LogP contribution in [0.5, 0.6) is 0 Å². The maximum Gasteiger partial charge on any atom is 0.309 e. The lowest BCUT2D eigenvalue weighted by Crippen LogP contribution is -2.66. The Morgan fingerprint density at radius 2 is 1.63 bits per heavy atom. The molecule has 6 rings (SSSR count). The summed E-state index contributed by atoms with van der Waals surface area (Å²) in [5, 5.41) is 23.0. The van der Waals surface area contributed by atoms with Crippen molar-refractivity contribution >= 4 is 29.3 Å². The number of carbonyl (C=O) groups is 3. The molecular weight excluding hydrogens is 738 g/mol. The van der Waals surface area contributed by atoms with Crippen LogP contribution in [0.25, 0.3) is 0 Å². The van der Waals surface area contributed by atoms with Crippen molar-refractivity contribution < 1.29 is 34.1 Å². The standard InChI is InChI=1S/C48H72ClNO7/c1-30(2)40-34(51)26-48(37(52)29-50(24-11-25-56-10)28-31-12-14-32(49)15-13-31)23-22-46(8)33(41(40)48)16-17-36-45(7)20-19-38(57-39(53)27-43(3,4)42(54)55)44(5,6)35(45)18-21-47(36,46)9/h12-15,30,33,35-38,52H,11,16-29H2,1-10H3,(H,54,55)/t33-,35+,36-,37?,38+,45+,46-,47-,48+/m1/s1. The molecule has 0 spiro atoms. The number of esters is 1. The Morgan fingerprint density at radius 3 is 2.26 bits per heavy atom. The average molecular weight is 811 g/mol. The van der Waals surface area contributed by atoms with Gasteiger partial charge >= 0.3 is 11.9 Å². The van der Waals surface area contributed by atoms with Gasteiger partial charge in [0.25, 0.3) is 0 Å². The van der Waals surface area contributed by atoms with Gasteiger partial charge in [-0.25, -0.2) is 0 Å². The van der Waals surface area contributed by atoms with Crippen LogP contribution < -0.4 is 0 Å². The number of aliphatic hydroxyl groups is 1. The number of carboxylic acid groups (broad SMARTS) is 1. The number of hydrogen-bond acceptors (Lipinski definition) is 7. The van der Waals surface area contributed by atoms with Gasteiger partial charge < -0.3 is 19.7 Å². The maximum atomic E-state index is 14.3. The number of fused-ring (bicyclic) bond motifs is 7. The van der Waals surface area contributed by atoms with Crippen molar-refractivity contribution in [3.05, 3.63) is 46.0 Å². The monoisotopic (exact) mass is 809 g/mol. The number of allylic oxidation sites excluding steroid dienone is 1. The molecule has 0 amide bonds. The van der Waals surface area contributed by atoms with Gasteiger partial charge in [-0.2, -0.15) is 0 Å². The fourth-order valence-electron chi connectivity index (χ4n) is 13.8. The fraction of sp³-hybridized carbons (Fsp3) is 0.771. The molecule has 9 heteroatoms. The third-order valence-electron chi connectivity index (χ3n) is 17.1. The number of carbonyl (C=O) groups excluding carboxylic acids is 2. The van der Waals surface area contributed by atoms with E-state index in [2.05, 4.69) is 65.5 Å². The van der Waals surface area contributed by atoms with Crippen molar-refractivity contribution in [3.63, 3.8) is 0 Å². The molecule has 0 heterocycles. The molecule has 1 aromatic carbocycles. The molecule has 9 atom stereocenters. The molecule has 8 nitrogen and oxygen atoms in total. The van der Waals surface area contributed by atoms with Gasteiger partial charge in [0.2, 0.25) is 0 Å². The summed E-state index contributed by atoms with van der Waals surface area (Å²) in [4.78, 5) is 41.6. The van der Waals surface area contributed by atoms with E-state index in [1.165, 1.54) is 5.57 Å². The summed E-state index contributed by atoms with van der Waals surface area (Å²) in [6, 6.07) is 7.96. The molecule has 0 radical (unpaired) electrons. The van der Waals surface area contributed by atoms with Crippen LogP contribution >= 0.6 is 11.6 Å². The number of halogens is 1. The average Bonchev–Trinajstić information content (AvgIpc) is 3.44. The minimum absolute atomic E-state index is 0.0326. The number of nitrogens with zero attached hydrogens (tertiary/aromatic N) is 1. The summed E-state index contributed by atoms with van der Waals surface area (Å²) < 4.78 is 11.6. The Morgan fingerprint density at radius 1 is 0.947 bits per heavy atom. The van der Waals surface area contributed by atoms with E-state index >= 15 is 0 Å². The topological polar surface area (TPSA) is 113 Å². The van der Waals surface area contributed by atoms with E-state index in [-0.39, 0.29) is 51.8 Å². The number of benzene rings is 1. The highest BCUT2D eigenvalue weighted by molar-refractivity contribution is 6.30. The Bertz CT molecular complexity index is 1720. The molecule has 4 saturated carbocycles. The van der Waals surface area contributed by atoms with Gasteiger partial charge in [-0.15, -0.1) is 0 Å². The second-order valence-electron chi connectivity index (χ2n) is 21.3. The van der Waals surface area contributed by atoms with E-state index in [1.54, 1.807) is 21.0 Å². The summed E-state index contributed by atoms with van der Waals surface area (Å²) in [5.74, 6) is -0.0329. The summed E-state index contributed by atoms with van der Waals surface area (Å²) in [5.41, 5.74) is 1.48. The quantitative estimate of drug-likeness (QED) is 0.141. The zero-order valence-corrected chi connectivity index (χ0v) is 37.4. The van der Waals surface area contributed by atoms with E-state index in [1.807, 2.05) is 12.1 Å². The summed E-state index contributed by atoms with van der Waals surface area (Å²) in [7, 11) is 1.73. The highest BCUT2D eigenvalue weighted by Gasteiger charge is 2.71. The van der Waals surface area contributed by atoms with Crippen LogP contribution in [0.15, 0.2) is 35.4 Å². The first-order valence-corrected chi connectivity index (χ1v) is 22.3. The molecule has 0 bridgehead atoms. The Kier molecular flexibility index (Phi) is 12.4. The molecule has 1 aromatic rings. The van der Waals surface area contributed by atoms with Crippen LogP contribution in [0, 0.1) is 56.2 Å². The number of rotatable bonds is 14. The molecule has 57 heavy (non-hydrogen) atoms. The summed E-state index contributed by atoms with van der Waals surface area (Å²) >= 11 is 6.23. The van der Waals surface area contributed by atoms with Gasteiger partial charge in [0.1, 0.15) is 6.10 Å². The zero-order chi connectivity index (χ0) is 41.9. The van der Waals surface area contributed by atoms with E-state index in [0.29, 0.717) is 43.0 Å². The lowest BCUT2D eigenvalue weighted by molar-refractivity contribution is -0.235. The highest BCUT2D eigenvalue weighted by atomic mass is 35.5. The number of Topliss-reactive ketones (excluding diaryl/α,β-unsaturated/α-hetero) is 1. The van der Waals surface area contributed by atoms with E-state index in [0.717, 1.165) is 75.5 Å². The third kappa shape index (κ3) is 7.58. The van der Waals surface area contributed by atoms with Gasteiger partial charge in [-0.05, 0) is 135 Å². The number of aliphatic carboxylic acids is 1. The molecule has 4 fully saturated rings. The molecule has 2 N–H and O–H groups in total. The van der Waals surface area contributed by atoms with Gasteiger partial charge in [0, 0.05) is 55.6 Å². The molecule has 0 saturated heterocycles. The molecule has 0 aromatic heterocycles. The van der Waals surface area contributed by atoms with Crippen LogP contribution in [-0.4, -0.2) is 71.8 Å². The van der Waals surface area contributed by atoms with Crippen LogP contribution in [0.2, 0.25) is 5.02 Å². The SMILES string of the molecule is COCCCN(Cc1ccc(Cl)cc1)CC(O)[C@@]12CC[C@]3(C)[C@H](CC[C@@H]4[C@@]5(C)CC[C@H](OC(=O)CC(C)(C)C(=O)O)C(C)(C)[C@@H]5CC[C@]43C)C1=C(C(C)C)C(=O)C2. The predicted octanol–water partition coefficient (Wildman–Crippen LogP) is 9.93. The number of hydrogen-bond donors (Lipinski definition) is 2. The van der Waals surface area contributed by atoms with E-state index in [4.69, 9.17) is 21.1 Å². The van der Waals surface area contributed by atoms with Crippen LogP contribution in [0.4, 0.5) is 0 Å². The molecule has 0 aliphatic heterocycles. The largest absolute Gasteiger partial charge is 0.481 e. The second-order valence-corrected chi connectivity index (χ2v) is 21.7. The number of ketones is 1. The predicted molar refractivity (Wildman–Crippen MR) is 225 cm³/mol. The number of aliphatic hydroxyl groups excluding tert-OH is 1. The van der Waals surface area contributed by atoms with Gasteiger partial charge in [-0.3, -0.25) is 19.3 Å². The lowest BCUT2D eigenvalue weighted by Gasteiger charge is -2.72.